The lowest BCUT2D eigenvalue weighted by atomic mass is 10.2. The van der Waals surface area contributed by atoms with Gasteiger partial charge in [-0.05, 0) is 30.7 Å². The van der Waals surface area contributed by atoms with Crippen molar-refractivity contribution in [1.82, 2.24) is 0 Å². The number of rotatable bonds is 2. The number of nitrogens with zero attached hydrogens (tertiary/aromatic N) is 1. The van der Waals surface area contributed by atoms with E-state index in [-0.39, 0.29) is 17.0 Å². The maximum atomic E-state index is 6.02. The molecule has 0 aliphatic carbocycles. The summed E-state index contributed by atoms with van der Waals surface area (Å²) in [5.74, 6) is 0. The predicted molar refractivity (Wildman–Crippen MR) is 77.3 cm³/mol. The summed E-state index contributed by atoms with van der Waals surface area (Å²) in [6.45, 7) is 2.99. The summed E-state index contributed by atoms with van der Waals surface area (Å²) in [4.78, 5) is 0. The monoisotopic (exact) mass is 353 g/mol. The zero-order valence-electron chi connectivity index (χ0n) is 10.4. The molecule has 1 nitrogen and oxygen atoms in total. The normalized spacial score (nSPS) is 10.4. The van der Waals surface area contributed by atoms with Gasteiger partial charge in [-0.3, -0.25) is 0 Å². The maximum Gasteiger partial charge on any atom is 0.226 e. The van der Waals surface area contributed by atoms with Crippen molar-refractivity contribution >= 4 is 33.2 Å². The minimum atomic E-state index is 0. The molecule has 0 aliphatic rings. The molecule has 0 saturated heterocycles. The number of aromatic nitrogens is 1. The third-order valence-corrected chi connectivity index (χ3v) is 4.15. The Morgan fingerprint density at radius 1 is 1.16 bits per heavy atom. The van der Waals surface area contributed by atoms with Crippen LogP contribution >= 0.6 is 22.9 Å². The van der Waals surface area contributed by atoms with Gasteiger partial charge in [-0.2, -0.15) is 4.57 Å². The molecule has 0 radical (unpaired) electrons. The summed E-state index contributed by atoms with van der Waals surface area (Å²) in [5.41, 5.74) is 5.99. The van der Waals surface area contributed by atoms with E-state index in [1.54, 1.807) is 11.3 Å². The van der Waals surface area contributed by atoms with Gasteiger partial charge in [0.05, 0.1) is 0 Å². The van der Waals surface area contributed by atoms with Crippen LogP contribution < -0.4 is 21.5 Å². The molecule has 19 heavy (non-hydrogen) atoms. The molecule has 3 aromatic rings. The van der Waals surface area contributed by atoms with Gasteiger partial charge in [0.25, 0.3) is 0 Å². The minimum absolute atomic E-state index is 0. The van der Waals surface area contributed by atoms with Gasteiger partial charge in [0.1, 0.15) is 4.70 Å². The molecule has 0 aliphatic heterocycles. The van der Waals surface area contributed by atoms with Gasteiger partial charge in [0.2, 0.25) is 11.0 Å². The third-order valence-electron chi connectivity index (χ3n) is 2.97. The quantitative estimate of drug-likeness (QED) is 0.609. The van der Waals surface area contributed by atoms with Crippen LogP contribution in [-0.2, 0) is 6.54 Å². The van der Waals surface area contributed by atoms with Crippen LogP contribution in [0.3, 0.4) is 0 Å². The van der Waals surface area contributed by atoms with Crippen LogP contribution in [0, 0.1) is 6.92 Å². The van der Waals surface area contributed by atoms with E-state index >= 15 is 0 Å². The van der Waals surface area contributed by atoms with E-state index in [4.69, 9.17) is 11.6 Å². The van der Waals surface area contributed by atoms with Gasteiger partial charge in [0, 0.05) is 16.7 Å². The number of fused-ring (bicyclic) bond motifs is 1. The van der Waals surface area contributed by atoms with Gasteiger partial charge in [-0.25, -0.2) is 0 Å². The van der Waals surface area contributed by atoms with Gasteiger partial charge in [0.15, 0.2) is 6.54 Å². The molecule has 3 rings (SSSR count). The summed E-state index contributed by atoms with van der Waals surface area (Å²) in [6, 6.07) is 14.6. The second-order valence-corrected chi connectivity index (χ2v) is 5.78. The molecule has 0 spiro atoms. The summed E-state index contributed by atoms with van der Waals surface area (Å²) < 4.78 is 3.60. The average molecular weight is 355 g/mol. The zero-order valence-corrected chi connectivity index (χ0v) is 13.6. The van der Waals surface area contributed by atoms with Crippen molar-refractivity contribution in [2.24, 2.45) is 0 Å². The Balaban J connectivity index is 0.00000133. The zero-order chi connectivity index (χ0) is 12.5. The molecule has 0 unspecified atom stereocenters. The lowest BCUT2D eigenvalue weighted by Gasteiger charge is -1.97. The molecule has 0 amide bonds. The first-order valence-corrected chi connectivity index (χ1v) is 7.10. The van der Waals surface area contributed by atoms with Gasteiger partial charge in [-0.15, -0.1) is 0 Å². The van der Waals surface area contributed by atoms with Crippen molar-refractivity contribution in [3.63, 3.8) is 0 Å². The molecule has 0 fully saturated rings. The fourth-order valence-electron chi connectivity index (χ4n) is 2.08. The Hall–Kier alpha value is -0.900. The smallest absolute Gasteiger partial charge is 0.226 e. The highest BCUT2D eigenvalue weighted by molar-refractivity contribution is 7.16. The van der Waals surface area contributed by atoms with Crippen LogP contribution in [0.2, 0.25) is 5.02 Å². The van der Waals surface area contributed by atoms with Crippen LogP contribution in [0.4, 0.5) is 0 Å². The first kappa shape index (κ1) is 14.5. The van der Waals surface area contributed by atoms with E-state index in [0.29, 0.717) is 0 Å². The third kappa shape index (κ3) is 3.16. The minimum Gasteiger partial charge on any atom is -1.00 e. The van der Waals surface area contributed by atoms with Crippen molar-refractivity contribution in [2.75, 3.05) is 0 Å². The van der Waals surface area contributed by atoms with E-state index in [9.17, 15) is 0 Å². The molecule has 0 saturated carbocycles. The number of halogens is 2. The molecular weight excluding hydrogens is 342 g/mol. The lowest BCUT2D eigenvalue weighted by molar-refractivity contribution is -0.658. The Bertz CT molecular complexity index is 708. The van der Waals surface area contributed by atoms with Crippen LogP contribution in [-0.4, -0.2) is 0 Å². The van der Waals surface area contributed by atoms with E-state index in [2.05, 4.69) is 41.3 Å². The summed E-state index contributed by atoms with van der Waals surface area (Å²) in [7, 11) is 0. The molecule has 2 aromatic carbocycles. The fraction of sp³-hybridized carbons (Fsp3) is 0.133. The predicted octanol–water partition coefficient (Wildman–Crippen LogP) is 1.20. The highest BCUT2D eigenvalue weighted by Gasteiger charge is 2.12. The molecule has 0 N–H and O–H groups in total. The van der Waals surface area contributed by atoms with Gasteiger partial charge in [-0.1, -0.05) is 41.1 Å². The second-order valence-electron chi connectivity index (χ2n) is 4.45. The molecular formula is C15H13BrClNS. The van der Waals surface area contributed by atoms with E-state index in [1.807, 2.05) is 18.2 Å². The van der Waals surface area contributed by atoms with E-state index < -0.39 is 0 Å². The van der Waals surface area contributed by atoms with Crippen LogP contribution in [0.5, 0.6) is 0 Å². The maximum absolute atomic E-state index is 6.02. The number of aryl methyl sites for hydroxylation is 1. The van der Waals surface area contributed by atoms with Crippen molar-refractivity contribution in [1.29, 1.82) is 0 Å². The SMILES string of the molecule is Cc1ccc2c(c1)sc[n+]2Cc1cccc(Cl)c1.[Br-]. The van der Waals surface area contributed by atoms with E-state index in [1.165, 1.54) is 21.3 Å². The summed E-state index contributed by atoms with van der Waals surface area (Å²) >= 11 is 7.80. The molecule has 98 valence electrons. The highest BCUT2D eigenvalue weighted by Crippen LogP contribution is 2.18. The van der Waals surface area contributed by atoms with Crippen LogP contribution in [0.25, 0.3) is 10.2 Å². The summed E-state index contributed by atoms with van der Waals surface area (Å²) in [6.07, 6.45) is 0. The average Bonchev–Trinajstić information content (AvgIpc) is 2.72. The molecule has 0 atom stereocenters. The Labute approximate surface area is 132 Å². The van der Waals surface area contributed by atoms with Crippen LogP contribution in [0.15, 0.2) is 48.0 Å². The standard InChI is InChI=1S/C15H13ClNS.BrH/c1-11-5-6-14-15(7-11)18-10-17(14)9-12-3-2-4-13(16)8-12;/h2-8,10H,9H2,1H3;1H/q+1;/p-1. The number of thiazole rings is 1. The fourth-order valence-corrected chi connectivity index (χ4v) is 3.29. The number of hydrogen-bond donors (Lipinski definition) is 0. The van der Waals surface area contributed by atoms with Crippen molar-refractivity contribution in [3.8, 4) is 0 Å². The number of benzene rings is 2. The largest absolute Gasteiger partial charge is 1.00 e. The molecule has 4 heteroatoms. The van der Waals surface area contributed by atoms with Crippen molar-refractivity contribution < 1.29 is 21.5 Å². The Morgan fingerprint density at radius 3 is 2.79 bits per heavy atom. The van der Waals surface area contributed by atoms with Gasteiger partial charge >= 0.3 is 0 Å². The Kier molecular flexibility index (Phi) is 4.61. The first-order chi connectivity index (χ1) is 8.72. The van der Waals surface area contributed by atoms with Crippen molar-refractivity contribution in [3.05, 3.63) is 64.1 Å². The first-order valence-electron chi connectivity index (χ1n) is 5.84. The molecule has 1 heterocycles. The van der Waals surface area contributed by atoms with Crippen molar-refractivity contribution in [2.45, 2.75) is 13.5 Å². The van der Waals surface area contributed by atoms with Gasteiger partial charge < -0.3 is 17.0 Å². The lowest BCUT2D eigenvalue weighted by Crippen LogP contribution is -3.00. The second kappa shape index (κ2) is 6.04. The topological polar surface area (TPSA) is 3.88 Å². The van der Waals surface area contributed by atoms with Crippen LogP contribution in [0.1, 0.15) is 11.1 Å². The molecule has 1 aromatic heterocycles. The van der Waals surface area contributed by atoms with E-state index in [0.717, 1.165) is 11.6 Å². The number of hydrogen-bond acceptors (Lipinski definition) is 1. The molecule has 0 bridgehead atoms. The highest BCUT2D eigenvalue weighted by atomic mass is 79.9. The summed E-state index contributed by atoms with van der Waals surface area (Å²) in [5, 5.41) is 0.795. The Morgan fingerprint density at radius 2 is 2.00 bits per heavy atom.